The van der Waals surface area contributed by atoms with Crippen LogP contribution in [-0.4, -0.2) is 87.4 Å². The summed E-state index contributed by atoms with van der Waals surface area (Å²) >= 11 is 0. The van der Waals surface area contributed by atoms with Gasteiger partial charge in [0.2, 0.25) is 0 Å². The fourth-order valence-electron chi connectivity index (χ4n) is 6.13. The smallest absolute Gasteiger partial charge is 0.361 e. The summed E-state index contributed by atoms with van der Waals surface area (Å²) in [5, 5.41) is 9.65. The molecule has 0 rings (SSSR count). The Morgan fingerprint density at radius 3 is 1.33 bits per heavy atom. The number of carboxylic acids is 1. The van der Waals surface area contributed by atoms with Gasteiger partial charge in [0.05, 0.1) is 34.4 Å². The average Bonchev–Trinajstić information content (AvgIpc) is 3.24. The lowest BCUT2D eigenvalue weighted by atomic mass is 10.0. The van der Waals surface area contributed by atoms with Crippen LogP contribution in [0.4, 0.5) is 0 Å². The predicted octanol–water partition coefficient (Wildman–Crippen LogP) is 13.4. The lowest BCUT2D eigenvalue weighted by Crippen LogP contribution is -2.40. The molecule has 0 saturated heterocycles. The number of likely N-dealkylation sites (N-methyl/N-ethyl adjacent to an activating group) is 1. The third-order valence-electron chi connectivity index (χ3n) is 9.85. The highest BCUT2D eigenvalue weighted by molar-refractivity contribution is 5.71. The number of hydrogen-bond donors (Lipinski definition) is 1. The molecule has 0 amide bonds. The molecule has 1 N–H and O–H groups in total. The minimum atomic E-state index is -1.53. The molecule has 2 atom stereocenters. The zero-order valence-corrected chi connectivity index (χ0v) is 40.4. The Kier molecular flexibility index (Phi) is 42.1. The van der Waals surface area contributed by atoms with E-state index in [2.05, 4.69) is 98.9 Å². The Morgan fingerprint density at radius 1 is 0.476 bits per heavy atom. The molecule has 9 heteroatoms. The summed E-state index contributed by atoms with van der Waals surface area (Å²) in [6.07, 6.45) is 56.4. The van der Waals surface area contributed by atoms with Gasteiger partial charge in [-0.1, -0.05) is 175 Å². The molecule has 9 nitrogen and oxygen atoms in total. The number of ether oxygens (including phenoxy) is 4. The quantitative estimate of drug-likeness (QED) is 0.0212. The molecule has 0 spiro atoms. The van der Waals surface area contributed by atoms with Gasteiger partial charge >= 0.3 is 17.9 Å². The third-order valence-corrected chi connectivity index (χ3v) is 9.85. The first kappa shape index (κ1) is 59.2. The second-order valence-corrected chi connectivity index (χ2v) is 17.0. The van der Waals surface area contributed by atoms with E-state index < -0.39 is 30.3 Å². The molecular weight excluding hydrogens is 791 g/mol. The summed E-state index contributed by atoms with van der Waals surface area (Å²) in [7, 11) is 5.93. The number of unbranched alkanes of at least 4 members (excludes halogenated alkanes) is 12. The molecule has 0 radical (unpaired) electrons. The van der Waals surface area contributed by atoms with Crippen LogP contribution in [0.1, 0.15) is 168 Å². The summed E-state index contributed by atoms with van der Waals surface area (Å²) in [5.74, 6) is -2.13. The van der Waals surface area contributed by atoms with Crippen LogP contribution in [0.5, 0.6) is 0 Å². The molecule has 0 fully saturated rings. The molecule has 0 heterocycles. The van der Waals surface area contributed by atoms with Gasteiger partial charge in [-0.05, 0) is 77.0 Å². The monoisotopic (exact) mass is 881 g/mol. The van der Waals surface area contributed by atoms with E-state index in [4.69, 9.17) is 18.9 Å². The zero-order valence-electron chi connectivity index (χ0n) is 40.4. The van der Waals surface area contributed by atoms with Crippen LogP contribution in [0.2, 0.25) is 0 Å². The van der Waals surface area contributed by atoms with Crippen molar-refractivity contribution in [2.45, 2.75) is 180 Å². The normalized spacial score (nSPS) is 13.7. The van der Waals surface area contributed by atoms with Gasteiger partial charge in [-0.25, -0.2) is 4.79 Å². The van der Waals surface area contributed by atoms with Crippen molar-refractivity contribution in [3.63, 3.8) is 0 Å². The Morgan fingerprint density at radius 2 is 0.889 bits per heavy atom. The molecule has 0 aromatic rings. The molecule has 0 aromatic heterocycles. The van der Waals surface area contributed by atoms with E-state index in [9.17, 15) is 19.5 Å². The third kappa shape index (κ3) is 46.0. The maximum atomic E-state index is 12.8. The van der Waals surface area contributed by atoms with Crippen LogP contribution in [-0.2, 0) is 33.3 Å². The maximum Gasteiger partial charge on any atom is 0.361 e. The van der Waals surface area contributed by atoms with E-state index in [-0.39, 0.29) is 32.7 Å². The second kappa shape index (κ2) is 44.8. The number of carbonyl (C=O) groups excluding carboxylic acids is 2. The van der Waals surface area contributed by atoms with Crippen molar-refractivity contribution in [3.8, 4) is 0 Å². The molecular formula is C54H90NO8+. The number of quaternary nitrogens is 1. The van der Waals surface area contributed by atoms with E-state index in [1.54, 1.807) is 0 Å². The average molecular weight is 881 g/mol. The van der Waals surface area contributed by atoms with Gasteiger partial charge in [-0.2, -0.15) is 0 Å². The minimum Gasteiger partial charge on any atom is -0.477 e. The standard InChI is InChI=1S/C54H89NO8/c1-6-8-10-12-14-16-18-20-21-22-23-24-25-26-27-28-29-30-31-33-35-37-39-41-43-45-52(57)63-50(49-62-54(53(58)59)60-47-46-55(3,4)5)48-61-51(56)44-42-40-38-36-34-32-19-17-15-13-11-9-7-2/h8-11,14-17,20-21,23-24,32,34,38,40,50,54H,6-7,12-13,18-19,22,25-31,33,35-37,39,41-49H2,1-5H3/p+1/b10-8-,11-9-,16-14-,17-15-,21-20-,24-23-,34-32-,40-38-. The highest BCUT2D eigenvalue weighted by Crippen LogP contribution is 2.14. The largest absolute Gasteiger partial charge is 0.477 e. The Labute approximate surface area is 384 Å². The molecule has 0 saturated carbocycles. The first-order valence-corrected chi connectivity index (χ1v) is 24.4. The van der Waals surface area contributed by atoms with Crippen LogP contribution in [0.3, 0.4) is 0 Å². The molecule has 0 aromatic carbocycles. The summed E-state index contributed by atoms with van der Waals surface area (Å²) in [4.78, 5) is 37.1. The molecule has 0 bridgehead atoms. The Bertz CT molecular complexity index is 1350. The number of hydrogen-bond acceptors (Lipinski definition) is 7. The fourth-order valence-corrected chi connectivity index (χ4v) is 6.13. The maximum absolute atomic E-state index is 12.8. The summed E-state index contributed by atoms with van der Waals surface area (Å²) in [6.45, 7) is 4.54. The van der Waals surface area contributed by atoms with Crippen molar-refractivity contribution in [1.29, 1.82) is 0 Å². The SMILES string of the molecule is CC/C=C\C/C=C\C/C=C\C/C=C\CCCCCCCCCCCCCCC(=O)OC(COC(=O)CC/C=C\C/C=C\C/C=C\C/C=C\CC)COC(OCC[N+](C)(C)C)C(=O)O. The molecule has 0 aliphatic carbocycles. The summed E-state index contributed by atoms with van der Waals surface area (Å²) in [5.41, 5.74) is 0. The number of esters is 2. The second-order valence-electron chi connectivity index (χ2n) is 17.0. The molecule has 358 valence electrons. The van der Waals surface area contributed by atoms with Gasteiger partial charge in [0.25, 0.3) is 6.29 Å². The van der Waals surface area contributed by atoms with Gasteiger partial charge in [0.1, 0.15) is 13.2 Å². The molecule has 0 aliphatic rings. The zero-order chi connectivity index (χ0) is 46.3. The van der Waals surface area contributed by atoms with E-state index in [0.29, 0.717) is 23.9 Å². The molecule has 2 unspecified atom stereocenters. The topological polar surface area (TPSA) is 108 Å². The van der Waals surface area contributed by atoms with E-state index in [1.807, 2.05) is 33.3 Å². The van der Waals surface area contributed by atoms with Crippen molar-refractivity contribution in [1.82, 2.24) is 0 Å². The van der Waals surface area contributed by atoms with Crippen molar-refractivity contribution in [2.75, 3.05) is 47.5 Å². The van der Waals surface area contributed by atoms with Crippen LogP contribution in [0, 0.1) is 0 Å². The first-order valence-electron chi connectivity index (χ1n) is 24.4. The van der Waals surface area contributed by atoms with E-state index in [1.165, 1.54) is 57.8 Å². The van der Waals surface area contributed by atoms with Gasteiger partial charge in [-0.3, -0.25) is 9.59 Å². The van der Waals surface area contributed by atoms with Crippen molar-refractivity contribution in [3.05, 3.63) is 97.2 Å². The summed E-state index contributed by atoms with van der Waals surface area (Å²) < 4.78 is 22.7. The highest BCUT2D eigenvalue weighted by Gasteiger charge is 2.25. The Balaban J connectivity index is 4.37. The van der Waals surface area contributed by atoms with Gasteiger partial charge in [-0.15, -0.1) is 0 Å². The molecule has 0 aliphatic heterocycles. The van der Waals surface area contributed by atoms with E-state index >= 15 is 0 Å². The number of nitrogens with zero attached hydrogens (tertiary/aromatic N) is 1. The van der Waals surface area contributed by atoms with Gasteiger partial charge < -0.3 is 28.5 Å². The van der Waals surface area contributed by atoms with Crippen LogP contribution >= 0.6 is 0 Å². The number of rotatable bonds is 43. The molecule has 63 heavy (non-hydrogen) atoms. The first-order chi connectivity index (χ1) is 30.6. The number of allylic oxidation sites excluding steroid dienone is 16. The minimum absolute atomic E-state index is 0.172. The number of carbonyl (C=O) groups is 3. The lowest BCUT2D eigenvalue weighted by Gasteiger charge is -2.25. The van der Waals surface area contributed by atoms with E-state index in [0.717, 1.165) is 70.6 Å². The lowest BCUT2D eigenvalue weighted by molar-refractivity contribution is -0.870. The van der Waals surface area contributed by atoms with Crippen LogP contribution < -0.4 is 0 Å². The van der Waals surface area contributed by atoms with Gasteiger partial charge in [0.15, 0.2) is 6.10 Å². The van der Waals surface area contributed by atoms with Crippen molar-refractivity contribution >= 4 is 17.9 Å². The van der Waals surface area contributed by atoms with Gasteiger partial charge in [0, 0.05) is 12.8 Å². The number of aliphatic carboxylic acids is 1. The Hall–Kier alpha value is -3.79. The summed E-state index contributed by atoms with van der Waals surface area (Å²) in [6, 6.07) is 0. The predicted molar refractivity (Wildman–Crippen MR) is 262 cm³/mol. The number of carboxylic acid groups (broad SMARTS) is 1. The fraction of sp³-hybridized carbons (Fsp3) is 0.648. The van der Waals surface area contributed by atoms with Crippen molar-refractivity contribution < 1.29 is 42.9 Å². The van der Waals surface area contributed by atoms with Crippen LogP contribution in [0.15, 0.2) is 97.2 Å². The highest BCUT2D eigenvalue weighted by atomic mass is 16.7. The van der Waals surface area contributed by atoms with Crippen LogP contribution in [0.25, 0.3) is 0 Å². The van der Waals surface area contributed by atoms with Crippen molar-refractivity contribution in [2.24, 2.45) is 0 Å².